The molecule has 0 aliphatic carbocycles. The summed E-state index contributed by atoms with van der Waals surface area (Å²) >= 11 is 1.18. The van der Waals surface area contributed by atoms with Gasteiger partial charge < -0.3 is 11.1 Å². The summed E-state index contributed by atoms with van der Waals surface area (Å²) in [5.41, 5.74) is 5.00. The normalized spacial score (nSPS) is 10.8. The van der Waals surface area contributed by atoms with Crippen molar-refractivity contribution in [3.63, 3.8) is 0 Å². The van der Waals surface area contributed by atoms with Crippen LogP contribution in [-0.4, -0.2) is 11.8 Å². The molecular formula is C15H14F2N2O2S. The molecule has 0 fully saturated rings. The summed E-state index contributed by atoms with van der Waals surface area (Å²) < 4.78 is 26.8. The summed E-state index contributed by atoms with van der Waals surface area (Å²) in [5.74, 6) is -3.74. The highest BCUT2D eigenvalue weighted by Gasteiger charge is 2.20. The number of rotatable bonds is 4. The van der Waals surface area contributed by atoms with Crippen molar-refractivity contribution in [1.82, 2.24) is 0 Å². The number of carbonyl (C=O) groups is 2. The van der Waals surface area contributed by atoms with Gasteiger partial charge in [-0.05, 0) is 24.1 Å². The Hall–Kier alpha value is -2.28. The molecule has 2 rings (SSSR count). The van der Waals surface area contributed by atoms with Crippen LogP contribution < -0.4 is 11.1 Å². The second-order valence-electron chi connectivity index (χ2n) is 4.97. The first-order valence-electron chi connectivity index (χ1n) is 6.50. The lowest BCUT2D eigenvalue weighted by molar-refractivity contribution is 0.100. The summed E-state index contributed by atoms with van der Waals surface area (Å²) in [5, 5.41) is 2.65. The number of halogens is 2. The summed E-state index contributed by atoms with van der Waals surface area (Å²) in [6, 6.07) is 4.91. The van der Waals surface area contributed by atoms with Crippen molar-refractivity contribution in [1.29, 1.82) is 0 Å². The number of benzene rings is 1. The highest BCUT2D eigenvalue weighted by Crippen LogP contribution is 2.33. The maximum atomic E-state index is 13.6. The van der Waals surface area contributed by atoms with E-state index in [0.717, 1.165) is 17.0 Å². The van der Waals surface area contributed by atoms with Crippen LogP contribution in [0.5, 0.6) is 0 Å². The quantitative estimate of drug-likeness (QED) is 0.903. The van der Waals surface area contributed by atoms with E-state index in [0.29, 0.717) is 0 Å². The van der Waals surface area contributed by atoms with Crippen molar-refractivity contribution in [2.45, 2.75) is 19.8 Å². The third kappa shape index (κ3) is 3.14. The van der Waals surface area contributed by atoms with Gasteiger partial charge in [-0.1, -0.05) is 19.9 Å². The van der Waals surface area contributed by atoms with Gasteiger partial charge in [0.15, 0.2) is 11.6 Å². The maximum Gasteiger partial charge on any atom is 0.259 e. The smallest absolute Gasteiger partial charge is 0.259 e. The van der Waals surface area contributed by atoms with E-state index in [1.165, 1.54) is 17.4 Å². The summed E-state index contributed by atoms with van der Waals surface area (Å²) in [6.45, 7) is 3.85. The van der Waals surface area contributed by atoms with Crippen LogP contribution in [0.2, 0.25) is 0 Å². The second kappa shape index (κ2) is 6.23. The Labute approximate surface area is 129 Å². The number of nitrogens with two attached hydrogens (primary N) is 1. The van der Waals surface area contributed by atoms with Crippen molar-refractivity contribution in [3.05, 3.63) is 51.9 Å². The van der Waals surface area contributed by atoms with Crippen molar-refractivity contribution in [3.8, 4) is 0 Å². The molecule has 4 nitrogen and oxygen atoms in total. The van der Waals surface area contributed by atoms with Gasteiger partial charge >= 0.3 is 0 Å². The number of amides is 2. The minimum Gasteiger partial charge on any atom is -0.366 e. The molecule has 0 bridgehead atoms. The first kappa shape index (κ1) is 16.1. The number of carbonyl (C=O) groups excluding carboxylic acids is 2. The lowest BCUT2D eigenvalue weighted by Crippen LogP contribution is -2.17. The molecule has 7 heteroatoms. The number of hydrogen-bond donors (Lipinski definition) is 2. The minimum atomic E-state index is -1.23. The first-order chi connectivity index (χ1) is 10.3. The van der Waals surface area contributed by atoms with Gasteiger partial charge in [-0.3, -0.25) is 9.59 Å². The fourth-order valence-corrected chi connectivity index (χ4v) is 2.88. The van der Waals surface area contributed by atoms with Gasteiger partial charge in [0.05, 0.1) is 11.1 Å². The van der Waals surface area contributed by atoms with Crippen LogP contribution in [0.25, 0.3) is 0 Å². The first-order valence-corrected chi connectivity index (χ1v) is 7.31. The molecule has 116 valence electrons. The Bertz CT molecular complexity index is 741. The molecule has 0 aliphatic rings. The van der Waals surface area contributed by atoms with Crippen LogP contribution in [0.3, 0.4) is 0 Å². The molecule has 0 saturated heterocycles. The van der Waals surface area contributed by atoms with Gasteiger partial charge in [-0.2, -0.15) is 0 Å². The Morgan fingerprint density at radius 3 is 2.50 bits per heavy atom. The van der Waals surface area contributed by atoms with Gasteiger partial charge in [0, 0.05) is 4.88 Å². The Balaban J connectivity index is 2.36. The zero-order chi connectivity index (χ0) is 16.4. The van der Waals surface area contributed by atoms with Gasteiger partial charge in [0.1, 0.15) is 5.00 Å². The molecule has 0 spiro atoms. The van der Waals surface area contributed by atoms with Crippen LogP contribution >= 0.6 is 11.3 Å². The van der Waals surface area contributed by atoms with Crippen molar-refractivity contribution in [2.75, 3.05) is 5.32 Å². The van der Waals surface area contributed by atoms with E-state index in [1.54, 1.807) is 6.07 Å². The van der Waals surface area contributed by atoms with E-state index in [4.69, 9.17) is 5.73 Å². The average Bonchev–Trinajstić information content (AvgIpc) is 2.86. The van der Waals surface area contributed by atoms with E-state index in [1.807, 2.05) is 13.8 Å². The fraction of sp³-hybridized carbons (Fsp3) is 0.200. The van der Waals surface area contributed by atoms with Crippen LogP contribution in [0, 0.1) is 11.6 Å². The molecular weight excluding hydrogens is 310 g/mol. The largest absolute Gasteiger partial charge is 0.366 e. The third-order valence-corrected chi connectivity index (χ3v) is 4.36. The minimum absolute atomic E-state index is 0.139. The average molecular weight is 324 g/mol. The highest BCUT2D eigenvalue weighted by molar-refractivity contribution is 7.16. The third-order valence-electron chi connectivity index (χ3n) is 3.01. The summed E-state index contributed by atoms with van der Waals surface area (Å²) in [4.78, 5) is 24.4. The molecule has 3 N–H and O–H groups in total. The standard InChI is InChI=1S/C15H14F2N2O2S/c1-7(2)11-6-9(13(18)20)15(22-11)19-14(21)8-4-3-5-10(16)12(8)17/h3-7H,1-2H3,(H2,18,20)(H,19,21). The second-order valence-corrected chi connectivity index (χ2v) is 6.05. The van der Waals surface area contributed by atoms with Crippen molar-refractivity contribution < 1.29 is 18.4 Å². The monoisotopic (exact) mass is 324 g/mol. The number of anilines is 1. The highest BCUT2D eigenvalue weighted by atomic mass is 32.1. The molecule has 0 atom stereocenters. The fourth-order valence-electron chi connectivity index (χ4n) is 1.82. The Morgan fingerprint density at radius 1 is 1.23 bits per heavy atom. The predicted octanol–water partition coefficient (Wildman–Crippen LogP) is 3.50. The van der Waals surface area contributed by atoms with Crippen LogP contribution in [0.1, 0.15) is 45.4 Å². The zero-order valence-corrected chi connectivity index (χ0v) is 12.8. The van der Waals surface area contributed by atoms with Gasteiger partial charge in [-0.25, -0.2) is 8.78 Å². The molecule has 2 amide bonds. The Morgan fingerprint density at radius 2 is 1.91 bits per heavy atom. The van der Waals surface area contributed by atoms with Crippen molar-refractivity contribution >= 4 is 28.2 Å². The van der Waals surface area contributed by atoms with Gasteiger partial charge in [0.2, 0.25) is 0 Å². The van der Waals surface area contributed by atoms with E-state index in [2.05, 4.69) is 5.32 Å². The van der Waals surface area contributed by atoms with Crippen LogP contribution in [0.4, 0.5) is 13.8 Å². The maximum absolute atomic E-state index is 13.6. The Kier molecular flexibility index (Phi) is 4.56. The molecule has 1 aromatic heterocycles. The van der Waals surface area contributed by atoms with Crippen LogP contribution in [0.15, 0.2) is 24.3 Å². The SMILES string of the molecule is CC(C)c1cc(C(N)=O)c(NC(=O)c2cccc(F)c2F)s1. The molecule has 1 heterocycles. The van der Waals surface area contributed by atoms with Crippen molar-refractivity contribution in [2.24, 2.45) is 5.73 Å². The lowest BCUT2D eigenvalue weighted by atomic mass is 10.1. The number of primary amides is 1. The molecule has 0 aliphatic heterocycles. The molecule has 1 aromatic carbocycles. The topological polar surface area (TPSA) is 72.2 Å². The summed E-state index contributed by atoms with van der Waals surface area (Å²) in [7, 11) is 0. The predicted molar refractivity (Wildman–Crippen MR) is 81.2 cm³/mol. The lowest BCUT2D eigenvalue weighted by Gasteiger charge is -2.06. The van der Waals surface area contributed by atoms with E-state index in [-0.39, 0.29) is 16.5 Å². The number of nitrogens with one attached hydrogen (secondary N) is 1. The van der Waals surface area contributed by atoms with Crippen LogP contribution in [-0.2, 0) is 0 Å². The molecule has 0 saturated carbocycles. The van der Waals surface area contributed by atoms with E-state index < -0.39 is 29.0 Å². The molecule has 2 aromatic rings. The van der Waals surface area contributed by atoms with E-state index >= 15 is 0 Å². The summed E-state index contributed by atoms with van der Waals surface area (Å²) in [6.07, 6.45) is 0. The molecule has 0 unspecified atom stereocenters. The molecule has 22 heavy (non-hydrogen) atoms. The van der Waals surface area contributed by atoms with Gasteiger partial charge in [0.25, 0.3) is 11.8 Å². The van der Waals surface area contributed by atoms with Gasteiger partial charge in [-0.15, -0.1) is 11.3 Å². The zero-order valence-electron chi connectivity index (χ0n) is 11.9. The number of thiophene rings is 1. The van der Waals surface area contributed by atoms with E-state index in [9.17, 15) is 18.4 Å². The molecule has 0 radical (unpaired) electrons. The number of hydrogen-bond acceptors (Lipinski definition) is 3.